The SMILES string of the molecule is CN1CC[C@]2(C(=O)NCCc3ncc[nH]3)CCCN(C(=O)c3cscn3)[C@H]2C1. The van der Waals surface area contributed by atoms with Crippen molar-refractivity contribution in [1.29, 1.82) is 0 Å². The molecule has 0 bridgehead atoms. The molecule has 4 heterocycles. The maximum Gasteiger partial charge on any atom is 0.273 e. The predicted molar refractivity (Wildman–Crippen MR) is 106 cm³/mol. The number of thiazole rings is 1. The topological polar surface area (TPSA) is 94.2 Å². The first-order valence-corrected chi connectivity index (χ1v) is 10.7. The van der Waals surface area contributed by atoms with Crippen LogP contribution >= 0.6 is 11.3 Å². The molecule has 0 unspecified atom stereocenters. The van der Waals surface area contributed by atoms with E-state index in [0.717, 1.165) is 31.6 Å². The largest absolute Gasteiger partial charge is 0.355 e. The number of carbonyl (C=O) groups is 2. The molecule has 28 heavy (non-hydrogen) atoms. The van der Waals surface area contributed by atoms with Crippen molar-refractivity contribution in [3.63, 3.8) is 0 Å². The molecule has 8 nitrogen and oxygen atoms in total. The Morgan fingerprint density at radius 2 is 2.25 bits per heavy atom. The number of hydrogen-bond acceptors (Lipinski definition) is 6. The third-order valence-electron chi connectivity index (χ3n) is 6.03. The number of aromatic nitrogens is 3. The molecule has 150 valence electrons. The summed E-state index contributed by atoms with van der Waals surface area (Å²) >= 11 is 1.42. The fourth-order valence-electron chi connectivity index (χ4n) is 4.52. The van der Waals surface area contributed by atoms with Crippen LogP contribution in [0.4, 0.5) is 0 Å². The fraction of sp³-hybridized carbons (Fsp3) is 0.579. The van der Waals surface area contributed by atoms with Gasteiger partial charge in [0.25, 0.3) is 5.91 Å². The van der Waals surface area contributed by atoms with Gasteiger partial charge in [0.05, 0.1) is 17.0 Å². The Labute approximate surface area is 168 Å². The zero-order chi connectivity index (χ0) is 19.6. The Morgan fingerprint density at radius 1 is 1.36 bits per heavy atom. The van der Waals surface area contributed by atoms with Gasteiger partial charge >= 0.3 is 0 Å². The predicted octanol–water partition coefficient (Wildman–Crippen LogP) is 1.15. The van der Waals surface area contributed by atoms with Crippen LogP contribution in [0.15, 0.2) is 23.3 Å². The highest BCUT2D eigenvalue weighted by molar-refractivity contribution is 7.07. The number of rotatable bonds is 5. The Kier molecular flexibility index (Phi) is 5.45. The first kappa shape index (κ1) is 19.1. The molecule has 2 aromatic heterocycles. The molecule has 2 aliphatic rings. The number of hydrogen-bond donors (Lipinski definition) is 2. The Bertz CT molecular complexity index is 809. The van der Waals surface area contributed by atoms with Crippen LogP contribution in [0.25, 0.3) is 0 Å². The van der Waals surface area contributed by atoms with E-state index in [1.807, 2.05) is 4.90 Å². The molecule has 9 heteroatoms. The van der Waals surface area contributed by atoms with Gasteiger partial charge in [-0.3, -0.25) is 9.59 Å². The molecule has 0 spiro atoms. The van der Waals surface area contributed by atoms with E-state index in [2.05, 4.69) is 32.2 Å². The third-order valence-corrected chi connectivity index (χ3v) is 6.61. The molecule has 4 rings (SSSR count). The first-order valence-electron chi connectivity index (χ1n) is 9.74. The molecule has 2 N–H and O–H groups in total. The second kappa shape index (κ2) is 8.00. The average molecular weight is 403 g/mol. The van der Waals surface area contributed by atoms with E-state index in [9.17, 15) is 9.59 Å². The van der Waals surface area contributed by atoms with E-state index in [1.165, 1.54) is 11.3 Å². The van der Waals surface area contributed by atoms with Crippen molar-refractivity contribution in [3.05, 3.63) is 34.8 Å². The van der Waals surface area contributed by atoms with Crippen LogP contribution in [0.2, 0.25) is 0 Å². The molecule has 2 amide bonds. The highest BCUT2D eigenvalue weighted by atomic mass is 32.1. The van der Waals surface area contributed by atoms with Gasteiger partial charge < -0.3 is 20.1 Å². The van der Waals surface area contributed by atoms with Crippen molar-refractivity contribution in [1.82, 2.24) is 30.1 Å². The van der Waals surface area contributed by atoms with Crippen molar-refractivity contribution >= 4 is 23.2 Å². The van der Waals surface area contributed by atoms with Gasteiger partial charge in [-0.05, 0) is 32.9 Å². The first-order chi connectivity index (χ1) is 13.6. The molecular weight excluding hydrogens is 376 g/mol. The van der Waals surface area contributed by atoms with Gasteiger partial charge in [-0.2, -0.15) is 0 Å². The number of nitrogens with zero attached hydrogens (tertiary/aromatic N) is 4. The van der Waals surface area contributed by atoms with E-state index in [1.54, 1.807) is 23.3 Å². The molecule has 2 saturated heterocycles. The van der Waals surface area contributed by atoms with Crippen LogP contribution in [0.3, 0.4) is 0 Å². The highest BCUT2D eigenvalue weighted by Crippen LogP contribution is 2.43. The van der Waals surface area contributed by atoms with E-state index in [-0.39, 0.29) is 17.9 Å². The summed E-state index contributed by atoms with van der Waals surface area (Å²) in [5.41, 5.74) is 1.63. The number of piperidine rings is 2. The quantitative estimate of drug-likeness (QED) is 0.783. The zero-order valence-electron chi connectivity index (χ0n) is 16.1. The minimum absolute atomic E-state index is 0.0611. The van der Waals surface area contributed by atoms with Gasteiger partial charge in [0.15, 0.2) is 0 Å². The van der Waals surface area contributed by atoms with E-state index in [4.69, 9.17) is 0 Å². The van der Waals surface area contributed by atoms with E-state index < -0.39 is 5.41 Å². The number of nitrogens with one attached hydrogen (secondary N) is 2. The number of H-pyrrole nitrogens is 1. The van der Waals surface area contributed by atoms with Crippen LogP contribution in [0.1, 0.15) is 35.6 Å². The molecule has 0 aliphatic carbocycles. The molecule has 2 aromatic rings. The number of fused-ring (bicyclic) bond motifs is 1. The summed E-state index contributed by atoms with van der Waals surface area (Å²) in [4.78, 5) is 42.0. The number of imidazole rings is 1. The lowest BCUT2D eigenvalue weighted by Crippen LogP contribution is -2.66. The van der Waals surface area contributed by atoms with Gasteiger partial charge in [-0.25, -0.2) is 9.97 Å². The summed E-state index contributed by atoms with van der Waals surface area (Å²) in [7, 11) is 2.05. The van der Waals surface area contributed by atoms with Gasteiger partial charge in [-0.15, -0.1) is 11.3 Å². The minimum atomic E-state index is -0.528. The Morgan fingerprint density at radius 3 is 3.00 bits per heavy atom. The molecule has 0 radical (unpaired) electrons. The molecular formula is C19H26N6O2S. The maximum absolute atomic E-state index is 13.3. The molecule has 0 aromatic carbocycles. The normalized spacial score (nSPS) is 25.3. The van der Waals surface area contributed by atoms with E-state index >= 15 is 0 Å². The lowest BCUT2D eigenvalue weighted by molar-refractivity contribution is -0.142. The maximum atomic E-state index is 13.3. The van der Waals surface area contributed by atoms with Crippen molar-refractivity contribution in [3.8, 4) is 0 Å². The lowest BCUT2D eigenvalue weighted by Gasteiger charge is -2.53. The van der Waals surface area contributed by atoms with E-state index in [0.29, 0.717) is 31.7 Å². The number of likely N-dealkylation sites (tertiary alicyclic amines) is 2. The number of aromatic amines is 1. The number of amides is 2. The number of likely N-dealkylation sites (N-methyl/N-ethyl adjacent to an activating group) is 1. The summed E-state index contributed by atoms with van der Waals surface area (Å²) < 4.78 is 0. The van der Waals surface area contributed by atoms with Crippen LogP contribution in [-0.4, -0.2) is 75.8 Å². The van der Waals surface area contributed by atoms with Gasteiger partial charge in [-0.1, -0.05) is 0 Å². The van der Waals surface area contributed by atoms with Gasteiger partial charge in [0.1, 0.15) is 11.5 Å². The smallest absolute Gasteiger partial charge is 0.273 e. The summed E-state index contributed by atoms with van der Waals surface area (Å²) in [6, 6.07) is -0.127. The standard InChI is InChI=1S/C19H26N6O2S/c1-24-10-5-19(18(27)22-6-3-16-20-7-8-21-16)4-2-9-25(15(19)11-24)17(26)14-12-28-13-23-14/h7-8,12-13,15H,2-6,9-11H2,1H3,(H,20,21)(H,22,27)/t15-,19+/m0/s1. The van der Waals surface area contributed by atoms with Crippen molar-refractivity contribution in [2.24, 2.45) is 5.41 Å². The Balaban J connectivity index is 1.52. The van der Waals surface area contributed by atoms with Gasteiger partial charge in [0.2, 0.25) is 5.91 Å². The van der Waals surface area contributed by atoms with Crippen LogP contribution in [0, 0.1) is 5.41 Å². The third kappa shape index (κ3) is 3.56. The summed E-state index contributed by atoms with van der Waals surface area (Å²) in [6.07, 6.45) is 6.58. The Hall–Kier alpha value is -2.26. The summed E-state index contributed by atoms with van der Waals surface area (Å²) in [6.45, 7) is 2.79. The summed E-state index contributed by atoms with van der Waals surface area (Å²) in [5, 5.41) is 4.91. The van der Waals surface area contributed by atoms with Crippen LogP contribution < -0.4 is 5.32 Å². The van der Waals surface area contributed by atoms with Crippen molar-refractivity contribution in [2.75, 3.05) is 33.2 Å². The molecule has 2 aliphatic heterocycles. The minimum Gasteiger partial charge on any atom is -0.355 e. The zero-order valence-corrected chi connectivity index (χ0v) is 16.9. The van der Waals surface area contributed by atoms with Crippen LogP contribution in [-0.2, 0) is 11.2 Å². The monoisotopic (exact) mass is 402 g/mol. The van der Waals surface area contributed by atoms with Gasteiger partial charge in [0, 0.05) is 43.8 Å². The van der Waals surface area contributed by atoms with Crippen molar-refractivity contribution in [2.45, 2.75) is 31.7 Å². The highest BCUT2D eigenvalue weighted by Gasteiger charge is 2.53. The molecule has 2 fully saturated rings. The average Bonchev–Trinajstić information content (AvgIpc) is 3.41. The summed E-state index contributed by atoms with van der Waals surface area (Å²) in [5.74, 6) is 0.864. The molecule has 0 saturated carbocycles. The second-order valence-electron chi connectivity index (χ2n) is 7.70. The number of carbonyl (C=O) groups excluding carboxylic acids is 2. The van der Waals surface area contributed by atoms with Crippen molar-refractivity contribution < 1.29 is 9.59 Å². The lowest BCUT2D eigenvalue weighted by atomic mass is 9.67. The van der Waals surface area contributed by atoms with Crippen LogP contribution in [0.5, 0.6) is 0 Å². The fourth-order valence-corrected chi connectivity index (χ4v) is 5.05. The second-order valence-corrected chi connectivity index (χ2v) is 8.42. The molecule has 2 atom stereocenters.